The number of carbonyl (C=O) groups excluding carboxylic acids is 1. The first-order chi connectivity index (χ1) is 14.1. The molecule has 0 radical (unpaired) electrons. The number of hydrogen-bond acceptors (Lipinski definition) is 3. The maximum atomic E-state index is 13.2. The molecule has 1 aliphatic rings. The molecular formula is C25H34N2O2. The molecule has 0 saturated carbocycles. The average Bonchev–Trinajstić information content (AvgIpc) is 2.74. The highest BCUT2D eigenvalue weighted by atomic mass is 16.5. The van der Waals surface area contributed by atoms with Crippen molar-refractivity contribution in [3.63, 3.8) is 0 Å². The van der Waals surface area contributed by atoms with Gasteiger partial charge in [0.1, 0.15) is 11.4 Å². The second-order valence-electron chi connectivity index (χ2n) is 7.99. The molecule has 2 aromatic rings. The summed E-state index contributed by atoms with van der Waals surface area (Å²) in [7, 11) is 0. The number of carbonyl (C=O) groups is 1. The Morgan fingerprint density at radius 3 is 2.55 bits per heavy atom. The van der Waals surface area contributed by atoms with Gasteiger partial charge in [-0.2, -0.15) is 0 Å². The Morgan fingerprint density at radius 2 is 1.76 bits per heavy atom. The smallest absolute Gasteiger partial charge is 0.258 e. The van der Waals surface area contributed by atoms with Crippen molar-refractivity contribution in [1.82, 2.24) is 4.90 Å². The summed E-state index contributed by atoms with van der Waals surface area (Å²) in [4.78, 5) is 15.2. The first kappa shape index (κ1) is 21.2. The van der Waals surface area contributed by atoms with Gasteiger partial charge in [0.15, 0.2) is 0 Å². The number of unbranched alkanes of at least 4 members (excludes halogenated alkanes) is 4. The highest BCUT2D eigenvalue weighted by Gasteiger charge is 2.42. The lowest BCUT2D eigenvalue weighted by Gasteiger charge is -2.46. The number of nitrogens with zero attached hydrogens (tertiary/aromatic N) is 1. The lowest BCUT2D eigenvalue weighted by Crippen LogP contribution is -2.56. The van der Waals surface area contributed by atoms with E-state index in [0.29, 0.717) is 6.54 Å². The van der Waals surface area contributed by atoms with E-state index < -0.39 is 5.66 Å². The summed E-state index contributed by atoms with van der Waals surface area (Å²) < 4.78 is 6.02. The normalized spacial score (nSPS) is 18.3. The third kappa shape index (κ3) is 4.75. The van der Waals surface area contributed by atoms with Crippen molar-refractivity contribution in [3.05, 3.63) is 59.7 Å². The predicted molar refractivity (Wildman–Crippen MR) is 119 cm³/mol. The van der Waals surface area contributed by atoms with Crippen molar-refractivity contribution in [2.75, 3.05) is 18.5 Å². The fourth-order valence-corrected chi connectivity index (χ4v) is 4.02. The van der Waals surface area contributed by atoms with Gasteiger partial charge in [0.25, 0.3) is 5.91 Å². The SMILES string of the molecule is CCCCCCCOc1cccc(C2(C)Nc3ccccc3C(=O)N2CCC)c1. The minimum absolute atomic E-state index is 0.0749. The maximum Gasteiger partial charge on any atom is 0.258 e. The van der Waals surface area contributed by atoms with Crippen LogP contribution in [0.4, 0.5) is 5.69 Å². The van der Waals surface area contributed by atoms with E-state index in [1.54, 1.807) is 0 Å². The lowest BCUT2D eigenvalue weighted by atomic mass is 9.93. The summed E-state index contributed by atoms with van der Waals surface area (Å²) in [5.41, 5.74) is 2.05. The number of para-hydroxylation sites is 1. The number of anilines is 1. The van der Waals surface area contributed by atoms with E-state index in [0.717, 1.165) is 42.0 Å². The van der Waals surface area contributed by atoms with Crippen molar-refractivity contribution in [1.29, 1.82) is 0 Å². The molecule has 3 rings (SSSR count). The Hall–Kier alpha value is -2.49. The van der Waals surface area contributed by atoms with E-state index in [1.165, 1.54) is 25.7 Å². The molecule has 1 unspecified atom stereocenters. The van der Waals surface area contributed by atoms with Gasteiger partial charge >= 0.3 is 0 Å². The third-order valence-corrected chi connectivity index (χ3v) is 5.68. The Labute approximate surface area is 175 Å². The summed E-state index contributed by atoms with van der Waals surface area (Å²) >= 11 is 0. The fraction of sp³-hybridized carbons (Fsp3) is 0.480. The van der Waals surface area contributed by atoms with Crippen molar-refractivity contribution in [3.8, 4) is 5.75 Å². The van der Waals surface area contributed by atoms with Gasteiger partial charge in [-0.25, -0.2) is 0 Å². The molecule has 1 heterocycles. The molecular weight excluding hydrogens is 360 g/mol. The first-order valence-electron chi connectivity index (χ1n) is 11.0. The summed E-state index contributed by atoms with van der Waals surface area (Å²) in [5.74, 6) is 0.940. The van der Waals surface area contributed by atoms with E-state index in [-0.39, 0.29) is 5.91 Å². The number of nitrogens with one attached hydrogen (secondary N) is 1. The van der Waals surface area contributed by atoms with E-state index in [2.05, 4.69) is 38.2 Å². The zero-order valence-corrected chi connectivity index (χ0v) is 18.0. The predicted octanol–water partition coefficient (Wildman–Crippen LogP) is 6.19. The van der Waals surface area contributed by atoms with Crippen LogP contribution in [0.15, 0.2) is 48.5 Å². The van der Waals surface area contributed by atoms with Crippen molar-refractivity contribution in [2.24, 2.45) is 0 Å². The number of amides is 1. The van der Waals surface area contributed by atoms with Crippen LogP contribution < -0.4 is 10.1 Å². The molecule has 0 aliphatic carbocycles. The monoisotopic (exact) mass is 394 g/mol. The number of benzene rings is 2. The topological polar surface area (TPSA) is 41.6 Å². The Balaban J connectivity index is 1.79. The van der Waals surface area contributed by atoms with E-state index in [4.69, 9.17) is 4.74 Å². The van der Waals surface area contributed by atoms with Gasteiger partial charge in [0.05, 0.1) is 12.2 Å². The molecule has 0 fully saturated rings. The second kappa shape index (κ2) is 9.82. The van der Waals surface area contributed by atoms with Crippen LogP contribution in [0.3, 0.4) is 0 Å². The van der Waals surface area contributed by atoms with Crippen LogP contribution in [0.5, 0.6) is 5.75 Å². The van der Waals surface area contributed by atoms with Gasteiger partial charge in [-0.15, -0.1) is 0 Å². The fourth-order valence-electron chi connectivity index (χ4n) is 4.02. The zero-order valence-electron chi connectivity index (χ0n) is 18.0. The molecule has 1 amide bonds. The minimum atomic E-state index is -0.609. The minimum Gasteiger partial charge on any atom is -0.494 e. The van der Waals surface area contributed by atoms with Gasteiger partial charge in [-0.05, 0) is 44.0 Å². The van der Waals surface area contributed by atoms with Gasteiger partial charge in [0, 0.05) is 17.8 Å². The lowest BCUT2D eigenvalue weighted by molar-refractivity contribution is 0.0535. The highest BCUT2D eigenvalue weighted by Crippen LogP contribution is 2.38. The van der Waals surface area contributed by atoms with E-state index >= 15 is 0 Å². The molecule has 4 heteroatoms. The van der Waals surface area contributed by atoms with Crippen molar-refractivity contribution in [2.45, 2.75) is 65.0 Å². The van der Waals surface area contributed by atoms with Gasteiger partial charge in [-0.1, -0.05) is 63.8 Å². The molecule has 1 atom stereocenters. The third-order valence-electron chi connectivity index (χ3n) is 5.68. The van der Waals surface area contributed by atoms with E-state index in [9.17, 15) is 4.79 Å². The average molecular weight is 395 g/mol. The van der Waals surface area contributed by atoms with Crippen LogP contribution in [0.25, 0.3) is 0 Å². The quantitative estimate of drug-likeness (QED) is 0.489. The van der Waals surface area contributed by atoms with Crippen LogP contribution in [0.1, 0.15) is 75.2 Å². The largest absolute Gasteiger partial charge is 0.494 e. The molecule has 0 aromatic heterocycles. The molecule has 0 bridgehead atoms. The Morgan fingerprint density at radius 1 is 0.966 bits per heavy atom. The zero-order chi connectivity index (χ0) is 20.7. The summed E-state index contributed by atoms with van der Waals surface area (Å²) in [5, 5.41) is 3.62. The molecule has 4 nitrogen and oxygen atoms in total. The molecule has 2 aromatic carbocycles. The highest BCUT2D eigenvalue weighted by molar-refractivity contribution is 6.02. The summed E-state index contributed by atoms with van der Waals surface area (Å²) in [6, 6.07) is 15.9. The van der Waals surface area contributed by atoms with Gasteiger partial charge < -0.3 is 15.0 Å². The standard InChI is InChI=1S/C25H34N2O2/c1-4-6-7-8-11-18-29-21-14-12-13-20(19-21)25(3)26-23-16-10-9-15-22(23)24(28)27(25)17-5-2/h9-10,12-16,19,26H,4-8,11,17-18H2,1-3H3. The second-order valence-corrected chi connectivity index (χ2v) is 7.99. The molecule has 156 valence electrons. The van der Waals surface area contributed by atoms with Crippen molar-refractivity contribution >= 4 is 11.6 Å². The van der Waals surface area contributed by atoms with Crippen LogP contribution >= 0.6 is 0 Å². The number of hydrogen-bond donors (Lipinski definition) is 1. The van der Waals surface area contributed by atoms with Crippen LogP contribution in [-0.2, 0) is 5.66 Å². The molecule has 1 aliphatic heterocycles. The van der Waals surface area contributed by atoms with Gasteiger partial charge in [0.2, 0.25) is 0 Å². The number of ether oxygens (including phenoxy) is 1. The van der Waals surface area contributed by atoms with Crippen molar-refractivity contribution < 1.29 is 9.53 Å². The maximum absolute atomic E-state index is 13.2. The molecule has 1 N–H and O–H groups in total. The molecule has 0 spiro atoms. The van der Waals surface area contributed by atoms with Crippen LogP contribution in [-0.4, -0.2) is 24.0 Å². The Kier molecular flexibility index (Phi) is 7.18. The summed E-state index contributed by atoms with van der Waals surface area (Å²) in [6.45, 7) is 7.84. The number of rotatable bonds is 10. The molecule has 0 saturated heterocycles. The Bertz CT molecular complexity index is 820. The summed E-state index contributed by atoms with van der Waals surface area (Å²) in [6.07, 6.45) is 7.01. The first-order valence-corrected chi connectivity index (χ1v) is 11.0. The van der Waals surface area contributed by atoms with Crippen LogP contribution in [0, 0.1) is 0 Å². The van der Waals surface area contributed by atoms with E-state index in [1.807, 2.05) is 41.3 Å². The molecule has 29 heavy (non-hydrogen) atoms. The van der Waals surface area contributed by atoms with Gasteiger partial charge in [-0.3, -0.25) is 4.79 Å². The number of fused-ring (bicyclic) bond motifs is 1. The van der Waals surface area contributed by atoms with Crippen LogP contribution in [0.2, 0.25) is 0 Å².